The Morgan fingerprint density at radius 3 is 2.92 bits per heavy atom. The van der Waals surface area contributed by atoms with E-state index in [1.165, 1.54) is 6.07 Å². The van der Waals surface area contributed by atoms with Crippen LogP contribution in [0.25, 0.3) is 10.8 Å². The van der Waals surface area contributed by atoms with Crippen molar-refractivity contribution in [2.75, 3.05) is 0 Å². The van der Waals surface area contributed by atoms with E-state index in [0.29, 0.717) is 4.47 Å². The highest BCUT2D eigenvalue weighted by molar-refractivity contribution is 9.10. The maximum Gasteiger partial charge on any atom is 0.138 e. The molecular weight excluding hydrogens is 233 g/mol. The van der Waals surface area contributed by atoms with Crippen molar-refractivity contribution in [1.29, 1.82) is 0 Å². The lowest BCUT2D eigenvalue weighted by molar-refractivity contribution is 0.623. The fourth-order valence-corrected chi connectivity index (χ4v) is 1.73. The summed E-state index contributed by atoms with van der Waals surface area (Å²) in [7, 11) is 0. The van der Waals surface area contributed by atoms with Gasteiger partial charge in [0, 0.05) is 17.3 Å². The quantitative estimate of drug-likeness (QED) is 0.687. The molecule has 1 nitrogen and oxygen atoms in total. The van der Waals surface area contributed by atoms with Crippen molar-refractivity contribution in [3.63, 3.8) is 0 Å². The highest BCUT2D eigenvalue weighted by Crippen LogP contribution is 2.26. The van der Waals surface area contributed by atoms with E-state index in [9.17, 15) is 4.39 Å². The summed E-state index contributed by atoms with van der Waals surface area (Å²) in [6, 6.07) is 5.13. The first kappa shape index (κ1) is 8.63. The molecule has 0 unspecified atom stereocenters. The van der Waals surface area contributed by atoms with Crippen LogP contribution < -0.4 is 0 Å². The van der Waals surface area contributed by atoms with Crippen molar-refractivity contribution < 1.29 is 4.39 Å². The third-order valence-electron chi connectivity index (χ3n) is 1.93. The summed E-state index contributed by atoms with van der Waals surface area (Å²) in [6.45, 7) is 1.91. The Morgan fingerprint density at radius 2 is 2.15 bits per heavy atom. The minimum Gasteiger partial charge on any atom is -0.261 e. The first-order chi connectivity index (χ1) is 6.18. The Bertz CT molecular complexity index is 468. The van der Waals surface area contributed by atoms with Crippen molar-refractivity contribution >= 4 is 26.7 Å². The van der Waals surface area contributed by atoms with Crippen LogP contribution in [0.2, 0.25) is 0 Å². The van der Waals surface area contributed by atoms with Crippen LogP contribution in [0.3, 0.4) is 0 Å². The van der Waals surface area contributed by atoms with Crippen LogP contribution in [0.5, 0.6) is 0 Å². The molecule has 2 rings (SSSR count). The topological polar surface area (TPSA) is 12.9 Å². The number of nitrogens with zero attached hydrogens (tertiary/aromatic N) is 1. The molecule has 0 amide bonds. The molecule has 0 aliphatic carbocycles. The molecule has 0 atom stereocenters. The Morgan fingerprint density at radius 1 is 1.38 bits per heavy atom. The number of rotatable bonds is 0. The number of aromatic nitrogens is 1. The molecule has 0 spiro atoms. The molecule has 0 fully saturated rings. The van der Waals surface area contributed by atoms with E-state index >= 15 is 0 Å². The number of benzene rings is 1. The number of fused-ring (bicyclic) bond motifs is 1. The number of pyridine rings is 1. The van der Waals surface area contributed by atoms with E-state index in [1.54, 1.807) is 12.3 Å². The van der Waals surface area contributed by atoms with Crippen molar-refractivity contribution in [3.05, 3.63) is 40.4 Å². The highest BCUT2D eigenvalue weighted by atomic mass is 79.9. The van der Waals surface area contributed by atoms with Crippen molar-refractivity contribution in [2.45, 2.75) is 6.92 Å². The van der Waals surface area contributed by atoms with Gasteiger partial charge in [0.2, 0.25) is 0 Å². The lowest BCUT2D eigenvalue weighted by Gasteiger charge is -2.01. The fourth-order valence-electron chi connectivity index (χ4n) is 1.27. The molecule has 0 bridgehead atoms. The summed E-state index contributed by atoms with van der Waals surface area (Å²) in [5.41, 5.74) is 0.936. The Labute approximate surface area is 83.7 Å². The summed E-state index contributed by atoms with van der Waals surface area (Å²) in [5.74, 6) is -0.252. The van der Waals surface area contributed by atoms with Crippen LogP contribution in [0.1, 0.15) is 5.69 Å². The van der Waals surface area contributed by atoms with E-state index in [4.69, 9.17) is 0 Å². The fraction of sp³-hybridized carbons (Fsp3) is 0.100. The highest BCUT2D eigenvalue weighted by Gasteiger charge is 2.04. The molecular formula is C10H7BrFN. The van der Waals surface area contributed by atoms with Gasteiger partial charge in [0.05, 0.1) is 4.47 Å². The van der Waals surface area contributed by atoms with E-state index in [-0.39, 0.29) is 5.82 Å². The molecule has 1 aromatic heterocycles. The monoisotopic (exact) mass is 239 g/mol. The predicted molar refractivity (Wildman–Crippen MR) is 54.1 cm³/mol. The molecule has 66 valence electrons. The van der Waals surface area contributed by atoms with Crippen LogP contribution in [0.15, 0.2) is 28.9 Å². The van der Waals surface area contributed by atoms with Gasteiger partial charge in [0.1, 0.15) is 5.82 Å². The first-order valence-electron chi connectivity index (χ1n) is 3.89. The van der Waals surface area contributed by atoms with Crippen LogP contribution >= 0.6 is 15.9 Å². The molecule has 0 aliphatic heterocycles. The average Bonchev–Trinajstić information content (AvgIpc) is 2.12. The third kappa shape index (κ3) is 1.44. The van der Waals surface area contributed by atoms with Gasteiger partial charge in [-0.2, -0.15) is 0 Å². The van der Waals surface area contributed by atoms with Gasteiger partial charge in [0.25, 0.3) is 0 Å². The molecule has 1 aromatic carbocycles. The molecule has 0 aliphatic rings. The largest absolute Gasteiger partial charge is 0.261 e. The van der Waals surface area contributed by atoms with Crippen LogP contribution in [0, 0.1) is 12.7 Å². The Hall–Kier alpha value is -0.960. The number of hydrogen-bond donors (Lipinski definition) is 0. The smallest absolute Gasteiger partial charge is 0.138 e. The SMILES string of the molecule is Cc1cc2ccc(F)c(Br)c2cn1. The van der Waals surface area contributed by atoms with Gasteiger partial charge in [0.15, 0.2) is 0 Å². The van der Waals surface area contributed by atoms with Gasteiger partial charge >= 0.3 is 0 Å². The normalized spacial score (nSPS) is 10.7. The van der Waals surface area contributed by atoms with E-state index < -0.39 is 0 Å². The summed E-state index contributed by atoms with van der Waals surface area (Å²) in [4.78, 5) is 4.11. The van der Waals surface area contributed by atoms with E-state index in [2.05, 4.69) is 20.9 Å². The van der Waals surface area contributed by atoms with Gasteiger partial charge in [-0.1, -0.05) is 6.07 Å². The lowest BCUT2D eigenvalue weighted by atomic mass is 10.1. The summed E-state index contributed by atoms with van der Waals surface area (Å²) >= 11 is 3.19. The second kappa shape index (κ2) is 3.07. The van der Waals surface area contributed by atoms with E-state index in [0.717, 1.165) is 16.5 Å². The van der Waals surface area contributed by atoms with Crippen molar-refractivity contribution in [1.82, 2.24) is 4.98 Å². The number of aryl methyl sites for hydroxylation is 1. The molecule has 0 saturated carbocycles. The Kier molecular flexibility index (Phi) is 2.04. The molecule has 2 aromatic rings. The maximum absolute atomic E-state index is 13.1. The van der Waals surface area contributed by atoms with Crippen molar-refractivity contribution in [2.24, 2.45) is 0 Å². The third-order valence-corrected chi connectivity index (χ3v) is 2.73. The molecule has 0 N–H and O–H groups in total. The zero-order valence-electron chi connectivity index (χ0n) is 7.01. The van der Waals surface area contributed by atoms with Gasteiger partial charge in [-0.15, -0.1) is 0 Å². The summed E-state index contributed by atoms with van der Waals surface area (Å²) < 4.78 is 13.6. The van der Waals surface area contributed by atoms with Crippen LogP contribution in [-0.2, 0) is 0 Å². The van der Waals surface area contributed by atoms with Gasteiger partial charge in [-0.25, -0.2) is 4.39 Å². The zero-order valence-corrected chi connectivity index (χ0v) is 8.60. The Balaban J connectivity index is 2.87. The lowest BCUT2D eigenvalue weighted by Crippen LogP contribution is -1.84. The van der Waals surface area contributed by atoms with E-state index in [1.807, 2.05) is 13.0 Å². The zero-order chi connectivity index (χ0) is 9.42. The van der Waals surface area contributed by atoms with Crippen LogP contribution in [0.4, 0.5) is 4.39 Å². The molecule has 1 heterocycles. The molecule has 0 saturated heterocycles. The minimum absolute atomic E-state index is 0.252. The second-order valence-corrected chi connectivity index (χ2v) is 3.70. The summed E-state index contributed by atoms with van der Waals surface area (Å²) in [5, 5.41) is 1.81. The van der Waals surface area contributed by atoms with Gasteiger partial charge < -0.3 is 0 Å². The standard InChI is InChI=1S/C10H7BrFN/c1-6-4-7-2-3-9(12)10(11)8(7)5-13-6/h2-5H,1H3. The van der Waals surface area contributed by atoms with Crippen molar-refractivity contribution in [3.8, 4) is 0 Å². The number of hydrogen-bond acceptors (Lipinski definition) is 1. The first-order valence-corrected chi connectivity index (χ1v) is 4.68. The predicted octanol–water partition coefficient (Wildman–Crippen LogP) is 3.44. The maximum atomic E-state index is 13.1. The number of halogens is 2. The van der Waals surface area contributed by atoms with Crippen LogP contribution in [-0.4, -0.2) is 4.98 Å². The summed E-state index contributed by atoms with van der Waals surface area (Å²) in [6.07, 6.45) is 1.68. The molecule has 0 radical (unpaired) electrons. The second-order valence-electron chi connectivity index (χ2n) is 2.91. The van der Waals surface area contributed by atoms with Gasteiger partial charge in [-0.05, 0) is 40.4 Å². The van der Waals surface area contributed by atoms with Gasteiger partial charge in [-0.3, -0.25) is 4.98 Å². The molecule has 13 heavy (non-hydrogen) atoms. The molecule has 3 heteroatoms. The average molecular weight is 240 g/mol. The minimum atomic E-state index is -0.252.